The van der Waals surface area contributed by atoms with Gasteiger partial charge in [-0.2, -0.15) is 4.98 Å². The zero-order valence-corrected chi connectivity index (χ0v) is 11.3. The van der Waals surface area contributed by atoms with E-state index in [0.717, 1.165) is 12.8 Å². The predicted molar refractivity (Wildman–Crippen MR) is 66.8 cm³/mol. The predicted octanol–water partition coefficient (Wildman–Crippen LogP) is 1.50. The van der Waals surface area contributed by atoms with Crippen molar-refractivity contribution in [3.05, 3.63) is 11.7 Å². The van der Waals surface area contributed by atoms with Crippen LogP contribution < -0.4 is 5.73 Å². The first-order valence-electron chi connectivity index (χ1n) is 6.48. The number of hydrogen-bond donors (Lipinski definition) is 2. The molecule has 0 amide bonds. The Bertz CT molecular complexity index is 350. The number of nitrogens with two attached hydrogens (primary N) is 1. The highest BCUT2D eigenvalue weighted by atomic mass is 16.5. The van der Waals surface area contributed by atoms with Crippen LogP contribution in [0.15, 0.2) is 4.52 Å². The largest absolute Gasteiger partial charge is 0.396 e. The molecule has 1 rings (SSSR count). The third kappa shape index (κ3) is 3.07. The zero-order valence-electron chi connectivity index (χ0n) is 11.3. The van der Waals surface area contributed by atoms with Gasteiger partial charge in [0.2, 0.25) is 11.7 Å². The van der Waals surface area contributed by atoms with Crippen LogP contribution in [0.3, 0.4) is 0 Å². The number of hydrogen-bond acceptors (Lipinski definition) is 6. The highest BCUT2D eigenvalue weighted by Crippen LogP contribution is 2.31. The minimum atomic E-state index is -0.505. The third-order valence-electron chi connectivity index (χ3n) is 3.17. The van der Waals surface area contributed by atoms with Gasteiger partial charge in [0.15, 0.2) is 0 Å². The smallest absolute Gasteiger partial charge is 0.243 e. The molecule has 0 aliphatic rings. The van der Waals surface area contributed by atoms with Gasteiger partial charge in [0.1, 0.15) is 5.60 Å². The maximum absolute atomic E-state index is 8.85. The Labute approximate surface area is 108 Å². The highest BCUT2D eigenvalue weighted by Gasteiger charge is 2.35. The van der Waals surface area contributed by atoms with Gasteiger partial charge in [0.05, 0.1) is 6.04 Å². The first-order valence-corrected chi connectivity index (χ1v) is 6.48. The summed E-state index contributed by atoms with van der Waals surface area (Å²) in [5, 5.41) is 12.8. The summed E-state index contributed by atoms with van der Waals surface area (Å²) >= 11 is 0. The molecule has 6 heteroatoms. The summed E-state index contributed by atoms with van der Waals surface area (Å²) in [6.45, 7) is 6.59. The number of aliphatic hydroxyl groups is 1. The van der Waals surface area contributed by atoms with Gasteiger partial charge < -0.3 is 20.1 Å². The Kier molecular flexibility index (Phi) is 5.71. The van der Waals surface area contributed by atoms with E-state index in [1.165, 1.54) is 0 Å². The Morgan fingerprint density at radius 2 is 2.06 bits per heavy atom. The van der Waals surface area contributed by atoms with Crippen LogP contribution in [0.5, 0.6) is 0 Å². The molecule has 1 aromatic heterocycles. The summed E-state index contributed by atoms with van der Waals surface area (Å²) in [5.41, 5.74) is 5.32. The molecule has 1 atom stereocenters. The van der Waals surface area contributed by atoms with Crippen LogP contribution in [0.1, 0.15) is 57.8 Å². The monoisotopic (exact) mass is 257 g/mol. The Morgan fingerprint density at radius 3 is 2.56 bits per heavy atom. The van der Waals surface area contributed by atoms with E-state index in [2.05, 4.69) is 10.1 Å². The topological polar surface area (TPSA) is 94.4 Å². The van der Waals surface area contributed by atoms with Crippen LogP contribution in [0.4, 0.5) is 0 Å². The van der Waals surface area contributed by atoms with Crippen molar-refractivity contribution < 1.29 is 14.4 Å². The van der Waals surface area contributed by atoms with Crippen molar-refractivity contribution in [3.8, 4) is 0 Å². The molecule has 0 bridgehead atoms. The summed E-state index contributed by atoms with van der Waals surface area (Å²) in [5.74, 6) is 0.891. The number of rotatable bonds is 8. The van der Waals surface area contributed by atoms with Crippen LogP contribution in [-0.2, 0) is 10.3 Å². The maximum atomic E-state index is 8.85. The number of aromatic nitrogens is 2. The molecule has 6 nitrogen and oxygen atoms in total. The minimum Gasteiger partial charge on any atom is -0.396 e. The molecule has 0 aromatic carbocycles. The van der Waals surface area contributed by atoms with E-state index >= 15 is 0 Å². The second-order valence-electron chi connectivity index (χ2n) is 4.21. The van der Waals surface area contributed by atoms with Crippen molar-refractivity contribution >= 4 is 0 Å². The lowest BCUT2D eigenvalue weighted by molar-refractivity contribution is -0.0583. The average Bonchev–Trinajstić information content (AvgIpc) is 2.86. The maximum Gasteiger partial charge on any atom is 0.243 e. The first kappa shape index (κ1) is 15.1. The molecule has 1 aromatic rings. The Morgan fingerprint density at radius 1 is 1.39 bits per heavy atom. The number of ether oxygens (including phenoxy) is 1. The fourth-order valence-corrected chi connectivity index (χ4v) is 1.94. The molecule has 1 unspecified atom stereocenters. The van der Waals surface area contributed by atoms with Crippen molar-refractivity contribution in [3.63, 3.8) is 0 Å². The number of aliphatic hydroxyl groups excluding tert-OH is 1. The summed E-state index contributed by atoms with van der Waals surface area (Å²) in [6.07, 6.45) is 1.94. The number of nitrogens with zero attached hydrogens (tertiary/aromatic N) is 2. The van der Waals surface area contributed by atoms with Gasteiger partial charge in [0, 0.05) is 13.2 Å². The van der Waals surface area contributed by atoms with Crippen molar-refractivity contribution in [1.82, 2.24) is 10.1 Å². The van der Waals surface area contributed by atoms with E-state index < -0.39 is 11.6 Å². The van der Waals surface area contributed by atoms with E-state index in [4.69, 9.17) is 20.1 Å². The quantitative estimate of drug-likeness (QED) is 0.733. The summed E-state index contributed by atoms with van der Waals surface area (Å²) in [7, 11) is 0. The van der Waals surface area contributed by atoms with Gasteiger partial charge in [-0.3, -0.25) is 0 Å². The van der Waals surface area contributed by atoms with Gasteiger partial charge in [-0.15, -0.1) is 0 Å². The molecular weight excluding hydrogens is 234 g/mol. The van der Waals surface area contributed by atoms with Crippen LogP contribution in [-0.4, -0.2) is 28.5 Å². The molecule has 0 radical (unpaired) electrons. The van der Waals surface area contributed by atoms with Crippen molar-refractivity contribution in [2.45, 2.75) is 51.7 Å². The summed E-state index contributed by atoms with van der Waals surface area (Å²) in [6, 6.07) is -0.427. The molecule has 0 aliphatic heterocycles. The average molecular weight is 257 g/mol. The fraction of sp³-hybridized carbons (Fsp3) is 0.833. The van der Waals surface area contributed by atoms with Crippen molar-refractivity contribution in [2.75, 3.05) is 13.2 Å². The van der Waals surface area contributed by atoms with E-state index in [-0.39, 0.29) is 6.61 Å². The second-order valence-corrected chi connectivity index (χ2v) is 4.21. The lowest BCUT2D eigenvalue weighted by Gasteiger charge is -2.27. The summed E-state index contributed by atoms with van der Waals surface area (Å²) < 4.78 is 10.9. The van der Waals surface area contributed by atoms with E-state index in [1.807, 2.05) is 20.8 Å². The summed E-state index contributed by atoms with van der Waals surface area (Å²) in [4.78, 5) is 4.32. The Balaban J connectivity index is 2.93. The third-order valence-corrected chi connectivity index (χ3v) is 3.17. The van der Waals surface area contributed by atoms with Gasteiger partial charge in [-0.1, -0.05) is 19.0 Å². The first-order chi connectivity index (χ1) is 8.63. The van der Waals surface area contributed by atoms with E-state index in [9.17, 15) is 0 Å². The lowest BCUT2D eigenvalue weighted by atomic mass is 9.96. The van der Waals surface area contributed by atoms with Gasteiger partial charge in [0.25, 0.3) is 0 Å². The van der Waals surface area contributed by atoms with Gasteiger partial charge in [-0.05, 0) is 26.2 Å². The molecule has 0 aliphatic carbocycles. The normalized spacial score (nSPS) is 13.8. The molecular formula is C12H23N3O3. The molecule has 1 heterocycles. The SMILES string of the molecule is CCOC(CC)(CC)c1noc(C(N)CCO)n1. The van der Waals surface area contributed by atoms with Crippen molar-refractivity contribution in [2.24, 2.45) is 5.73 Å². The standard InChI is InChI=1S/C12H23N3O3/c1-4-12(5-2,17-6-3)11-14-10(18-15-11)9(13)7-8-16/h9,16H,4-8,13H2,1-3H3. The molecule has 104 valence electrons. The van der Waals surface area contributed by atoms with Gasteiger partial charge in [-0.25, -0.2) is 0 Å². The fourth-order valence-electron chi connectivity index (χ4n) is 1.94. The molecule has 0 spiro atoms. The van der Waals surface area contributed by atoms with E-state index in [1.54, 1.807) is 0 Å². The van der Waals surface area contributed by atoms with Crippen LogP contribution in [0, 0.1) is 0 Å². The zero-order chi connectivity index (χ0) is 13.6. The molecule has 0 saturated heterocycles. The molecule has 0 fully saturated rings. The van der Waals surface area contributed by atoms with Crippen LogP contribution in [0.2, 0.25) is 0 Å². The van der Waals surface area contributed by atoms with Gasteiger partial charge >= 0.3 is 0 Å². The minimum absolute atomic E-state index is 0.00294. The lowest BCUT2D eigenvalue weighted by Crippen LogP contribution is -2.30. The second kappa shape index (κ2) is 6.82. The highest BCUT2D eigenvalue weighted by molar-refractivity contribution is 5.02. The Hall–Kier alpha value is -0.980. The molecule has 0 saturated carbocycles. The molecule has 3 N–H and O–H groups in total. The van der Waals surface area contributed by atoms with E-state index in [0.29, 0.717) is 24.7 Å². The van der Waals surface area contributed by atoms with Crippen LogP contribution >= 0.6 is 0 Å². The van der Waals surface area contributed by atoms with Crippen molar-refractivity contribution in [1.29, 1.82) is 0 Å². The van der Waals surface area contributed by atoms with Crippen LogP contribution in [0.25, 0.3) is 0 Å². The molecule has 18 heavy (non-hydrogen) atoms.